The van der Waals surface area contributed by atoms with Crippen LogP contribution in [-0.2, 0) is 9.53 Å². The van der Waals surface area contributed by atoms with E-state index in [2.05, 4.69) is 0 Å². The summed E-state index contributed by atoms with van der Waals surface area (Å²) < 4.78 is 10.3. The van der Waals surface area contributed by atoms with Crippen LogP contribution in [-0.4, -0.2) is 24.0 Å². The number of methoxy groups -OCH3 is 1. The van der Waals surface area contributed by atoms with Crippen molar-refractivity contribution in [2.24, 2.45) is 0 Å². The van der Waals surface area contributed by atoms with Gasteiger partial charge in [-0.05, 0) is 36.3 Å². The van der Waals surface area contributed by atoms with Crippen molar-refractivity contribution in [3.8, 4) is 5.75 Å². The molecule has 5 nitrogen and oxygen atoms in total. The van der Waals surface area contributed by atoms with Crippen molar-refractivity contribution in [2.45, 2.75) is 13.0 Å². The Morgan fingerprint density at radius 1 is 1.04 bits per heavy atom. The van der Waals surface area contributed by atoms with Gasteiger partial charge >= 0.3 is 6.09 Å². The Hall–Kier alpha value is -3.08. The Morgan fingerprint density at radius 2 is 1.71 bits per heavy atom. The lowest BCUT2D eigenvalue weighted by molar-refractivity contribution is -0.124. The molecule has 1 unspecified atom stereocenters. The first-order chi connectivity index (χ1) is 11.6. The summed E-state index contributed by atoms with van der Waals surface area (Å²) >= 11 is 0. The molecule has 2 aromatic rings. The molecule has 0 saturated carbocycles. The number of nitrogens with zero attached hydrogens (tertiary/aromatic N) is 1. The van der Waals surface area contributed by atoms with E-state index in [1.54, 1.807) is 44.4 Å². The van der Waals surface area contributed by atoms with Gasteiger partial charge in [0, 0.05) is 0 Å². The minimum Gasteiger partial charge on any atom is -0.497 e. The average Bonchev–Trinajstić information content (AvgIpc) is 2.89. The fourth-order valence-corrected chi connectivity index (χ4v) is 2.55. The molecule has 1 fully saturated rings. The van der Waals surface area contributed by atoms with Gasteiger partial charge in [-0.1, -0.05) is 42.5 Å². The average molecular weight is 323 g/mol. The van der Waals surface area contributed by atoms with Crippen molar-refractivity contribution in [2.75, 3.05) is 7.11 Å². The highest BCUT2D eigenvalue weighted by atomic mass is 16.6. The Morgan fingerprint density at radius 3 is 2.33 bits per heavy atom. The third kappa shape index (κ3) is 3.01. The van der Waals surface area contributed by atoms with E-state index in [4.69, 9.17) is 9.47 Å². The second kappa shape index (κ2) is 6.58. The zero-order valence-electron chi connectivity index (χ0n) is 13.4. The topological polar surface area (TPSA) is 55.8 Å². The zero-order chi connectivity index (χ0) is 17.1. The monoisotopic (exact) mass is 323 g/mol. The summed E-state index contributed by atoms with van der Waals surface area (Å²) in [6.07, 6.45) is 0.897. The van der Waals surface area contributed by atoms with Crippen LogP contribution >= 0.6 is 0 Å². The number of ether oxygens (including phenoxy) is 2. The molecule has 0 spiro atoms. The summed E-state index contributed by atoms with van der Waals surface area (Å²) in [4.78, 5) is 25.8. The second-order valence-electron chi connectivity index (χ2n) is 5.41. The lowest BCUT2D eigenvalue weighted by Crippen LogP contribution is -2.31. The molecule has 0 aliphatic carbocycles. The van der Waals surface area contributed by atoms with E-state index >= 15 is 0 Å². The number of benzene rings is 2. The van der Waals surface area contributed by atoms with Crippen molar-refractivity contribution < 1.29 is 19.1 Å². The molecule has 3 rings (SSSR count). The second-order valence-corrected chi connectivity index (χ2v) is 5.41. The summed E-state index contributed by atoms with van der Waals surface area (Å²) in [6, 6.07) is 16.1. The highest BCUT2D eigenvalue weighted by Crippen LogP contribution is 2.29. The van der Waals surface area contributed by atoms with E-state index in [9.17, 15) is 9.59 Å². The van der Waals surface area contributed by atoms with E-state index < -0.39 is 18.0 Å². The minimum atomic E-state index is -0.656. The fourth-order valence-electron chi connectivity index (χ4n) is 2.55. The normalized spacial score (nSPS) is 17.1. The van der Waals surface area contributed by atoms with Gasteiger partial charge in [0.15, 0.2) is 5.76 Å². The van der Waals surface area contributed by atoms with Crippen molar-refractivity contribution in [3.05, 3.63) is 71.5 Å². The summed E-state index contributed by atoms with van der Waals surface area (Å²) in [6.45, 7) is 1.80. The number of cyclic esters (lactones) is 1. The van der Waals surface area contributed by atoms with Gasteiger partial charge in [-0.15, -0.1) is 0 Å². The first-order valence-corrected chi connectivity index (χ1v) is 7.56. The van der Waals surface area contributed by atoms with Gasteiger partial charge in [0.25, 0.3) is 5.91 Å². The molecule has 0 aromatic heterocycles. The first kappa shape index (κ1) is 15.8. The number of hydrogen-bond acceptors (Lipinski definition) is 4. The summed E-state index contributed by atoms with van der Waals surface area (Å²) in [5.74, 6) is 0.298. The molecule has 24 heavy (non-hydrogen) atoms. The molecular weight excluding hydrogens is 306 g/mol. The predicted molar refractivity (Wildman–Crippen MR) is 89.2 cm³/mol. The SMILES string of the molecule is COc1ccc(C=C2OC(=O)N(C(C)c3ccccc3)C2=O)cc1. The number of carbonyl (C=O) groups excluding carboxylic acids is 2. The number of hydrogen-bond donors (Lipinski definition) is 0. The smallest absolute Gasteiger partial charge is 0.423 e. The lowest BCUT2D eigenvalue weighted by Gasteiger charge is -2.19. The van der Waals surface area contributed by atoms with E-state index in [0.29, 0.717) is 5.75 Å². The first-order valence-electron chi connectivity index (χ1n) is 7.56. The highest BCUT2D eigenvalue weighted by molar-refractivity contribution is 6.10. The van der Waals surface area contributed by atoms with Gasteiger partial charge in [-0.2, -0.15) is 0 Å². The van der Waals surface area contributed by atoms with Crippen molar-refractivity contribution in [1.29, 1.82) is 0 Å². The third-order valence-electron chi connectivity index (χ3n) is 3.91. The molecular formula is C19H17NO4. The summed E-state index contributed by atoms with van der Waals surface area (Å²) in [7, 11) is 1.58. The van der Waals surface area contributed by atoms with Crippen LogP contribution < -0.4 is 4.74 Å². The number of amides is 2. The van der Waals surface area contributed by atoms with Crippen LogP contribution in [0.15, 0.2) is 60.4 Å². The Kier molecular flexibility index (Phi) is 4.33. The van der Waals surface area contributed by atoms with Gasteiger partial charge in [0.1, 0.15) is 5.75 Å². The predicted octanol–water partition coefficient (Wildman–Crippen LogP) is 3.78. The zero-order valence-corrected chi connectivity index (χ0v) is 13.4. The van der Waals surface area contributed by atoms with Crippen molar-refractivity contribution in [3.63, 3.8) is 0 Å². The van der Waals surface area contributed by atoms with Gasteiger partial charge in [0.05, 0.1) is 13.2 Å². The van der Waals surface area contributed by atoms with Crippen LogP contribution in [0.5, 0.6) is 5.75 Å². The van der Waals surface area contributed by atoms with E-state index in [0.717, 1.165) is 16.0 Å². The molecule has 1 atom stereocenters. The van der Waals surface area contributed by atoms with E-state index in [-0.39, 0.29) is 5.76 Å². The quantitative estimate of drug-likeness (QED) is 0.804. The van der Waals surface area contributed by atoms with Gasteiger partial charge < -0.3 is 9.47 Å². The van der Waals surface area contributed by atoms with Crippen LogP contribution in [0.25, 0.3) is 6.08 Å². The van der Waals surface area contributed by atoms with Crippen molar-refractivity contribution >= 4 is 18.1 Å². The molecule has 122 valence electrons. The maximum atomic E-state index is 12.5. The maximum Gasteiger partial charge on any atom is 0.423 e. The van der Waals surface area contributed by atoms with Crippen LogP contribution in [0, 0.1) is 0 Å². The maximum absolute atomic E-state index is 12.5. The number of imide groups is 1. The molecule has 1 heterocycles. The molecule has 1 aliphatic rings. The Labute approximate surface area is 140 Å². The molecule has 1 aliphatic heterocycles. The van der Waals surface area contributed by atoms with Gasteiger partial charge in [-0.3, -0.25) is 4.79 Å². The number of rotatable bonds is 4. The molecule has 0 bridgehead atoms. The molecule has 0 radical (unpaired) electrons. The van der Waals surface area contributed by atoms with E-state index in [1.165, 1.54) is 0 Å². The van der Waals surface area contributed by atoms with Crippen LogP contribution in [0.4, 0.5) is 4.79 Å². The standard InChI is InChI=1S/C19H17NO4/c1-13(15-6-4-3-5-7-15)20-18(21)17(24-19(20)22)12-14-8-10-16(23-2)11-9-14/h3-13H,1-2H3. The molecule has 2 amide bonds. The van der Waals surface area contributed by atoms with Gasteiger partial charge in [-0.25, -0.2) is 9.69 Å². The highest BCUT2D eigenvalue weighted by Gasteiger charge is 2.40. The minimum absolute atomic E-state index is 0.0212. The van der Waals surface area contributed by atoms with E-state index in [1.807, 2.05) is 30.3 Å². The summed E-state index contributed by atoms with van der Waals surface area (Å²) in [5.41, 5.74) is 1.62. The van der Waals surface area contributed by atoms with Crippen LogP contribution in [0.1, 0.15) is 24.1 Å². The Bertz CT molecular complexity index is 781. The summed E-state index contributed by atoms with van der Waals surface area (Å²) in [5, 5.41) is 0. The lowest BCUT2D eigenvalue weighted by atomic mass is 10.1. The number of carbonyl (C=O) groups is 2. The van der Waals surface area contributed by atoms with Crippen LogP contribution in [0.2, 0.25) is 0 Å². The van der Waals surface area contributed by atoms with Gasteiger partial charge in [0.2, 0.25) is 0 Å². The third-order valence-corrected chi connectivity index (χ3v) is 3.91. The Balaban J connectivity index is 1.84. The molecule has 2 aromatic carbocycles. The van der Waals surface area contributed by atoms with Crippen molar-refractivity contribution in [1.82, 2.24) is 4.90 Å². The molecule has 1 saturated heterocycles. The molecule has 5 heteroatoms. The molecule has 0 N–H and O–H groups in total. The van der Waals surface area contributed by atoms with Crippen LogP contribution in [0.3, 0.4) is 0 Å². The fraction of sp³-hybridized carbons (Fsp3) is 0.158. The largest absolute Gasteiger partial charge is 0.497 e.